The molecule has 0 saturated heterocycles. The van der Waals surface area contributed by atoms with Crippen molar-refractivity contribution >= 4 is 130 Å². The first-order valence-electron chi connectivity index (χ1n) is 46.5. The van der Waals surface area contributed by atoms with Gasteiger partial charge < -0.3 is 9.13 Å². The molecule has 0 bridgehead atoms. The van der Waals surface area contributed by atoms with Gasteiger partial charge in [0.1, 0.15) is 0 Å². The van der Waals surface area contributed by atoms with Gasteiger partial charge in [-0.2, -0.15) is 0 Å². The summed E-state index contributed by atoms with van der Waals surface area (Å²) in [7, 11) is 0. The van der Waals surface area contributed by atoms with Gasteiger partial charge in [-0.25, -0.2) is 19.9 Å². The van der Waals surface area contributed by atoms with Crippen molar-refractivity contribution in [1.29, 1.82) is 0 Å². The smallest absolute Gasteiger partial charge is 0.0979 e. The fourth-order valence-corrected chi connectivity index (χ4v) is 21.2. The summed E-state index contributed by atoms with van der Waals surface area (Å²) >= 11 is 0. The van der Waals surface area contributed by atoms with Crippen LogP contribution in [0.1, 0.15) is 0 Å². The Morgan fingerprint density at radius 3 is 0.949 bits per heavy atom. The molecule has 0 unspecified atom stereocenters. The minimum absolute atomic E-state index is 0.847. The van der Waals surface area contributed by atoms with Crippen LogP contribution in [0.15, 0.2) is 497 Å². The summed E-state index contributed by atoms with van der Waals surface area (Å²) in [5, 5.41) is 19.5. The largest absolute Gasteiger partial charge is 0.309 e. The van der Waals surface area contributed by atoms with E-state index in [1.807, 2.05) is 30.3 Å². The molecule has 0 fully saturated rings. The summed E-state index contributed by atoms with van der Waals surface area (Å²) in [6.45, 7) is 0. The maximum Gasteiger partial charge on any atom is 0.0979 e. The Kier molecular flexibility index (Phi) is 19.2. The average molecular weight is 1730 g/mol. The summed E-state index contributed by atoms with van der Waals surface area (Å²) in [6, 6.07) is 179. The molecule has 0 aliphatic rings. The van der Waals surface area contributed by atoms with E-state index in [2.05, 4.69) is 476 Å². The standard InChI is InChI=1S/C68H43N3.C62H39N3/c1-4-17-44(18-5-1)50-41-51(45-19-6-2-7-20-45)43-52(42-50)46-33-35-49(36-34-46)67-68(70-61-31-13-12-30-60(61)69-67)59-29-15-27-57-55(59)26-16-32-62(57)71-63-39-37-48-23-10-11-24-54(48)65(63)66-58-28-14-25-53(47-21-8-3-9-22-47)56(58)38-40-64(66)71;1-4-17-40(18-5-1)41-31-33-44(34-32-41)61-62(64-56-30-15-14-29-55(56)63-61)52-28-16-23-45-37-46(35-36-47(45)52)65-57-38-53(42-19-6-2-7-20-42)48-24-10-12-26-50(48)59(57)60-51-27-13-11-25-49(51)54(39-58(60)65)43-21-8-3-9-22-43/h1-43H;1-39H. The predicted molar refractivity (Wildman–Crippen MR) is 573 cm³/mol. The highest BCUT2D eigenvalue weighted by Crippen LogP contribution is 2.50. The predicted octanol–water partition coefficient (Wildman–Crippen LogP) is 34.7. The molecule has 27 aromatic rings. The maximum absolute atomic E-state index is 5.47. The fourth-order valence-electron chi connectivity index (χ4n) is 21.2. The van der Waals surface area contributed by atoms with E-state index >= 15 is 0 Å². The summed E-state index contributed by atoms with van der Waals surface area (Å²) in [5.74, 6) is 0. The zero-order valence-electron chi connectivity index (χ0n) is 74.0. The van der Waals surface area contributed by atoms with Crippen LogP contribution < -0.4 is 0 Å². The second-order valence-corrected chi connectivity index (χ2v) is 35.3. The van der Waals surface area contributed by atoms with Crippen LogP contribution in [0.3, 0.4) is 0 Å². The highest BCUT2D eigenvalue weighted by molar-refractivity contribution is 6.33. The van der Waals surface area contributed by atoms with Crippen LogP contribution >= 0.6 is 0 Å². The molecule has 0 N–H and O–H groups in total. The lowest BCUT2D eigenvalue weighted by Crippen LogP contribution is -1.98. The molecule has 632 valence electrons. The van der Waals surface area contributed by atoms with Gasteiger partial charge in [0.15, 0.2) is 0 Å². The van der Waals surface area contributed by atoms with Crippen molar-refractivity contribution in [2.75, 3.05) is 0 Å². The van der Waals surface area contributed by atoms with Gasteiger partial charge in [0.25, 0.3) is 0 Å². The molecule has 0 aliphatic carbocycles. The molecule has 6 nitrogen and oxygen atoms in total. The van der Waals surface area contributed by atoms with E-state index < -0.39 is 0 Å². The molecule has 136 heavy (non-hydrogen) atoms. The lowest BCUT2D eigenvalue weighted by molar-refractivity contribution is 1.19. The van der Waals surface area contributed by atoms with E-state index in [4.69, 9.17) is 19.9 Å². The molecule has 0 amide bonds. The van der Waals surface area contributed by atoms with Crippen LogP contribution in [-0.2, 0) is 0 Å². The van der Waals surface area contributed by atoms with Gasteiger partial charge >= 0.3 is 0 Å². The number of aromatic nitrogens is 6. The average Bonchev–Trinajstić information content (AvgIpc) is 1.55. The molecule has 6 heteroatoms. The van der Waals surface area contributed by atoms with Crippen LogP contribution in [0.5, 0.6) is 0 Å². The number of nitrogens with zero attached hydrogens (tertiary/aromatic N) is 6. The number of hydrogen-bond acceptors (Lipinski definition) is 4. The van der Waals surface area contributed by atoms with Gasteiger partial charge in [-0.3, -0.25) is 0 Å². The van der Waals surface area contributed by atoms with Crippen LogP contribution in [0.25, 0.3) is 265 Å². The molecule has 0 radical (unpaired) electrons. The Bertz CT molecular complexity index is 9230. The van der Waals surface area contributed by atoms with Crippen LogP contribution in [0.4, 0.5) is 0 Å². The van der Waals surface area contributed by atoms with Crippen molar-refractivity contribution in [2.24, 2.45) is 0 Å². The molecule has 0 aliphatic heterocycles. The van der Waals surface area contributed by atoms with Crippen LogP contribution in [0.2, 0.25) is 0 Å². The SMILES string of the molecule is c1ccc(-c2cc(-c3ccccc3)cc(-c3ccc(-c4nc5ccccc5nc4-c4cccc5c(-n6c7ccc8ccccc8c7c7c8cccc(-c9ccccc9)c8ccc76)cccc45)cc3)c2)cc1.c1ccc(-c2ccc(-c3nc4ccccc4nc3-c3cccc4cc(-n5c6cc(-c7ccccc7)c7ccccc7c6c6c7ccccc7c(-c7ccccc7)cc65)ccc34)cc2)cc1. The van der Waals surface area contributed by atoms with Gasteiger partial charge in [0, 0.05) is 54.9 Å². The van der Waals surface area contributed by atoms with Crippen molar-refractivity contribution in [3.8, 4) is 134 Å². The first-order chi connectivity index (χ1) is 67.5. The first-order valence-corrected chi connectivity index (χ1v) is 46.5. The highest BCUT2D eigenvalue weighted by atomic mass is 15.0. The molecule has 0 atom stereocenters. The number of para-hydroxylation sites is 4. The Morgan fingerprint density at radius 2 is 0.449 bits per heavy atom. The third-order valence-electron chi connectivity index (χ3n) is 27.5. The summed E-state index contributed by atoms with van der Waals surface area (Å²) < 4.78 is 4.99. The monoisotopic (exact) mass is 1730 g/mol. The first kappa shape index (κ1) is 78.9. The number of hydrogen-bond donors (Lipinski definition) is 0. The van der Waals surface area contributed by atoms with E-state index in [9.17, 15) is 0 Å². The van der Waals surface area contributed by atoms with Gasteiger partial charge in [0.2, 0.25) is 0 Å². The van der Waals surface area contributed by atoms with E-state index in [1.165, 1.54) is 153 Å². The lowest BCUT2D eigenvalue weighted by atomic mass is 9.92. The topological polar surface area (TPSA) is 61.4 Å². The van der Waals surface area contributed by atoms with Gasteiger partial charge in [0.05, 0.1) is 72.6 Å². The minimum atomic E-state index is 0.847. The molecule has 4 heterocycles. The Hall–Kier alpha value is -18.1. The molecule has 0 saturated carbocycles. The minimum Gasteiger partial charge on any atom is -0.309 e. The van der Waals surface area contributed by atoms with Crippen molar-refractivity contribution in [3.63, 3.8) is 0 Å². The maximum atomic E-state index is 5.47. The van der Waals surface area contributed by atoms with E-state index in [1.54, 1.807) is 0 Å². The van der Waals surface area contributed by atoms with Crippen LogP contribution in [0, 0.1) is 0 Å². The summed E-state index contributed by atoms with van der Waals surface area (Å²) in [4.78, 5) is 21.6. The molecule has 23 aromatic carbocycles. The lowest BCUT2D eigenvalue weighted by Gasteiger charge is -2.16. The Labute approximate surface area is 785 Å². The van der Waals surface area contributed by atoms with Crippen LogP contribution in [-0.4, -0.2) is 29.1 Å². The number of benzene rings is 23. The van der Waals surface area contributed by atoms with Gasteiger partial charge in [-0.05, 0) is 222 Å². The van der Waals surface area contributed by atoms with E-state index in [-0.39, 0.29) is 0 Å². The molecule has 4 aromatic heterocycles. The third kappa shape index (κ3) is 13.6. The molecule has 0 spiro atoms. The molecular weight excluding hydrogens is 1650 g/mol. The Morgan fingerprint density at radius 1 is 0.140 bits per heavy atom. The zero-order chi connectivity index (χ0) is 89.7. The quantitative estimate of drug-likeness (QED) is 0.115. The summed E-state index contributed by atoms with van der Waals surface area (Å²) in [5.41, 5.74) is 34.6. The van der Waals surface area contributed by atoms with Gasteiger partial charge in [-0.1, -0.05) is 413 Å². The van der Waals surface area contributed by atoms with Crippen molar-refractivity contribution in [1.82, 2.24) is 29.1 Å². The summed E-state index contributed by atoms with van der Waals surface area (Å²) in [6.07, 6.45) is 0. The second kappa shape index (κ2) is 33.1. The fraction of sp³-hybridized carbons (Fsp3) is 0. The van der Waals surface area contributed by atoms with E-state index in [0.29, 0.717) is 0 Å². The normalized spacial score (nSPS) is 11.7. The van der Waals surface area contributed by atoms with E-state index in [0.717, 1.165) is 111 Å². The molecule has 27 rings (SSSR count). The zero-order valence-corrected chi connectivity index (χ0v) is 74.0. The third-order valence-corrected chi connectivity index (χ3v) is 27.5. The number of fused-ring (bicyclic) bond motifs is 18. The molecular formula is C130H82N6. The number of rotatable bonds is 13. The highest BCUT2D eigenvalue weighted by Gasteiger charge is 2.27. The van der Waals surface area contributed by atoms with Crippen molar-refractivity contribution < 1.29 is 0 Å². The second-order valence-electron chi connectivity index (χ2n) is 35.3. The van der Waals surface area contributed by atoms with Crippen molar-refractivity contribution in [2.45, 2.75) is 0 Å². The Balaban J connectivity index is 0.000000142. The van der Waals surface area contributed by atoms with Gasteiger partial charge in [-0.15, -0.1) is 0 Å². The van der Waals surface area contributed by atoms with Crippen molar-refractivity contribution in [3.05, 3.63) is 497 Å².